The number of esters is 2. The van der Waals surface area contributed by atoms with Gasteiger partial charge in [-0.05, 0) is 13.8 Å². The normalized spacial score (nSPS) is 11.7. The molecule has 0 aliphatic rings. The van der Waals surface area contributed by atoms with Crippen LogP contribution in [0, 0.1) is 0 Å². The molecular formula is C13H22F2O4. The molecule has 0 fully saturated rings. The maximum absolute atomic E-state index is 12.4. The van der Waals surface area contributed by atoms with Gasteiger partial charge in [-0.25, -0.2) is 13.6 Å². The third kappa shape index (κ3) is 12.8. The molecule has 0 aliphatic carbocycles. The van der Waals surface area contributed by atoms with Crippen LogP contribution < -0.4 is 0 Å². The minimum Gasteiger partial charge on any atom is -0.459 e. The highest BCUT2D eigenvalue weighted by atomic mass is 19.3. The minimum atomic E-state index is -3.06. The van der Waals surface area contributed by atoms with E-state index in [2.05, 4.69) is 11.3 Å². The molecule has 0 bridgehead atoms. The van der Waals surface area contributed by atoms with E-state index in [1.54, 1.807) is 0 Å². The van der Waals surface area contributed by atoms with Crippen LogP contribution in [0.25, 0.3) is 0 Å². The lowest BCUT2D eigenvalue weighted by molar-refractivity contribution is -0.158. The number of carbonyl (C=O) groups excluding carboxylic acids is 2. The summed E-state index contributed by atoms with van der Waals surface area (Å²) in [5, 5.41) is 0. The van der Waals surface area contributed by atoms with Crippen molar-refractivity contribution in [1.29, 1.82) is 0 Å². The molecular weight excluding hydrogens is 258 g/mol. The maximum atomic E-state index is 12.4. The molecule has 4 nitrogen and oxygen atoms in total. The van der Waals surface area contributed by atoms with Gasteiger partial charge in [0.2, 0.25) is 0 Å². The van der Waals surface area contributed by atoms with Crippen molar-refractivity contribution in [3.63, 3.8) is 0 Å². The number of hydrogen-bond donors (Lipinski definition) is 0. The highest BCUT2D eigenvalue weighted by molar-refractivity contribution is 5.87. The number of rotatable bonds is 6. The summed E-state index contributed by atoms with van der Waals surface area (Å²) in [6.45, 7) is 9.96. The quantitative estimate of drug-likeness (QED) is 0.554. The van der Waals surface area contributed by atoms with E-state index in [-0.39, 0.29) is 12.0 Å². The van der Waals surface area contributed by atoms with Gasteiger partial charge >= 0.3 is 11.9 Å². The van der Waals surface area contributed by atoms with E-state index in [1.807, 2.05) is 13.8 Å². The molecule has 0 saturated carbocycles. The SMILES string of the molecule is C=C(C)C(=O)OC(C)CC(=O)OCC(C)(F)F.CC. The van der Waals surface area contributed by atoms with E-state index < -0.39 is 30.6 Å². The lowest BCUT2D eigenvalue weighted by Crippen LogP contribution is -2.25. The van der Waals surface area contributed by atoms with Crippen LogP contribution in [-0.2, 0) is 19.1 Å². The third-order valence-corrected chi connectivity index (χ3v) is 1.60. The molecule has 0 heterocycles. The zero-order valence-electron chi connectivity index (χ0n) is 12.1. The van der Waals surface area contributed by atoms with Gasteiger partial charge in [0, 0.05) is 12.5 Å². The molecule has 0 saturated heterocycles. The molecule has 0 aromatic rings. The molecule has 0 spiro atoms. The van der Waals surface area contributed by atoms with Crippen molar-refractivity contribution in [2.75, 3.05) is 6.61 Å². The Hall–Kier alpha value is -1.46. The Kier molecular flexibility index (Phi) is 9.90. The Morgan fingerprint density at radius 2 is 1.79 bits per heavy atom. The van der Waals surface area contributed by atoms with E-state index in [9.17, 15) is 18.4 Å². The number of hydrogen-bond acceptors (Lipinski definition) is 4. The molecule has 6 heteroatoms. The van der Waals surface area contributed by atoms with Crippen LogP contribution in [0.15, 0.2) is 12.2 Å². The van der Waals surface area contributed by atoms with Crippen molar-refractivity contribution >= 4 is 11.9 Å². The summed E-state index contributed by atoms with van der Waals surface area (Å²) in [6.07, 6.45) is -1.01. The number of ether oxygens (including phenoxy) is 2. The first kappa shape index (κ1) is 19.9. The van der Waals surface area contributed by atoms with E-state index >= 15 is 0 Å². The Balaban J connectivity index is 0. The van der Waals surface area contributed by atoms with Gasteiger partial charge in [0.05, 0.1) is 6.42 Å². The molecule has 0 aliphatic heterocycles. The zero-order valence-corrected chi connectivity index (χ0v) is 12.1. The largest absolute Gasteiger partial charge is 0.459 e. The van der Waals surface area contributed by atoms with Crippen LogP contribution in [-0.4, -0.2) is 30.6 Å². The first-order valence-corrected chi connectivity index (χ1v) is 6.02. The fourth-order valence-electron chi connectivity index (χ4n) is 0.826. The summed E-state index contributed by atoms with van der Waals surface area (Å²) in [5.41, 5.74) is 0.199. The smallest absolute Gasteiger partial charge is 0.333 e. The Morgan fingerprint density at radius 1 is 1.32 bits per heavy atom. The maximum Gasteiger partial charge on any atom is 0.333 e. The van der Waals surface area contributed by atoms with Gasteiger partial charge in [-0.3, -0.25) is 4.79 Å². The summed E-state index contributed by atoms with van der Waals surface area (Å²) < 4.78 is 33.8. The number of alkyl halides is 2. The monoisotopic (exact) mass is 280 g/mol. The van der Waals surface area contributed by atoms with Gasteiger partial charge in [-0.2, -0.15) is 0 Å². The second kappa shape index (κ2) is 9.47. The molecule has 0 N–H and O–H groups in total. The predicted molar refractivity (Wildman–Crippen MR) is 67.9 cm³/mol. The van der Waals surface area contributed by atoms with Crippen molar-refractivity contribution in [3.05, 3.63) is 12.2 Å². The molecule has 112 valence electrons. The van der Waals surface area contributed by atoms with E-state index in [1.165, 1.54) is 13.8 Å². The molecule has 0 rings (SSSR count). The molecule has 0 radical (unpaired) electrons. The lowest BCUT2D eigenvalue weighted by Gasteiger charge is -2.14. The lowest BCUT2D eigenvalue weighted by atomic mass is 10.3. The Labute approximate surface area is 112 Å². The molecule has 19 heavy (non-hydrogen) atoms. The Bertz CT molecular complexity index is 308. The van der Waals surface area contributed by atoms with Crippen molar-refractivity contribution in [2.45, 2.75) is 53.1 Å². The van der Waals surface area contributed by atoms with Crippen LogP contribution in [0.5, 0.6) is 0 Å². The first-order valence-electron chi connectivity index (χ1n) is 6.02. The van der Waals surface area contributed by atoms with Crippen LogP contribution in [0.2, 0.25) is 0 Å². The van der Waals surface area contributed by atoms with Crippen molar-refractivity contribution in [1.82, 2.24) is 0 Å². The minimum absolute atomic E-state index is 0.199. The van der Waals surface area contributed by atoms with Crippen molar-refractivity contribution < 1.29 is 27.8 Å². The molecule has 0 amide bonds. The van der Waals surface area contributed by atoms with Gasteiger partial charge < -0.3 is 9.47 Å². The highest BCUT2D eigenvalue weighted by Gasteiger charge is 2.24. The van der Waals surface area contributed by atoms with Gasteiger partial charge in [-0.15, -0.1) is 0 Å². The molecule has 1 atom stereocenters. The van der Waals surface area contributed by atoms with Crippen LogP contribution >= 0.6 is 0 Å². The van der Waals surface area contributed by atoms with E-state index in [4.69, 9.17) is 4.74 Å². The summed E-state index contributed by atoms with van der Waals surface area (Å²) >= 11 is 0. The second-order valence-electron chi connectivity index (χ2n) is 3.93. The van der Waals surface area contributed by atoms with Crippen LogP contribution in [0.3, 0.4) is 0 Å². The van der Waals surface area contributed by atoms with Gasteiger partial charge in [-0.1, -0.05) is 20.4 Å². The average molecular weight is 280 g/mol. The van der Waals surface area contributed by atoms with Crippen LogP contribution in [0.4, 0.5) is 8.78 Å². The Morgan fingerprint density at radius 3 is 2.16 bits per heavy atom. The van der Waals surface area contributed by atoms with E-state index in [0.29, 0.717) is 6.92 Å². The average Bonchev–Trinajstić information content (AvgIpc) is 2.27. The summed E-state index contributed by atoms with van der Waals surface area (Å²) in [4.78, 5) is 22.1. The summed E-state index contributed by atoms with van der Waals surface area (Å²) in [6, 6.07) is 0. The van der Waals surface area contributed by atoms with Gasteiger partial charge in [0.25, 0.3) is 5.92 Å². The van der Waals surface area contributed by atoms with Gasteiger partial charge in [0.15, 0.2) is 6.61 Å². The number of halogens is 2. The zero-order chi connectivity index (χ0) is 15.6. The van der Waals surface area contributed by atoms with Crippen molar-refractivity contribution in [2.24, 2.45) is 0 Å². The van der Waals surface area contributed by atoms with E-state index in [0.717, 1.165) is 0 Å². The van der Waals surface area contributed by atoms with Crippen molar-refractivity contribution in [3.8, 4) is 0 Å². The summed E-state index contributed by atoms with van der Waals surface area (Å²) in [5.74, 6) is -4.53. The fraction of sp³-hybridized carbons (Fsp3) is 0.692. The third-order valence-electron chi connectivity index (χ3n) is 1.60. The van der Waals surface area contributed by atoms with Gasteiger partial charge in [0.1, 0.15) is 6.10 Å². The molecule has 0 aromatic heterocycles. The predicted octanol–water partition coefficient (Wildman–Crippen LogP) is 3.11. The second-order valence-corrected chi connectivity index (χ2v) is 3.93. The summed E-state index contributed by atoms with van der Waals surface area (Å²) in [7, 11) is 0. The topological polar surface area (TPSA) is 52.6 Å². The first-order chi connectivity index (χ1) is 8.61. The molecule has 0 aromatic carbocycles. The highest BCUT2D eigenvalue weighted by Crippen LogP contribution is 2.12. The molecule has 1 unspecified atom stereocenters. The fourth-order valence-corrected chi connectivity index (χ4v) is 0.826. The standard InChI is InChI=1S/C11H16F2O4.C2H6/c1-7(2)10(15)17-8(3)5-9(14)16-6-11(4,12)13;1-2/h8H,1,5-6H2,2-4H3;1-2H3. The van der Waals surface area contributed by atoms with Crippen LogP contribution in [0.1, 0.15) is 41.0 Å². The number of carbonyl (C=O) groups is 2.